The number of nitrogens with zero attached hydrogens (tertiary/aromatic N) is 3. The lowest BCUT2D eigenvalue weighted by molar-refractivity contribution is 0.0693. The number of hydrogen-bond donors (Lipinski definition) is 1. The topological polar surface area (TPSA) is 73.7 Å². The van der Waals surface area contributed by atoms with E-state index in [0.29, 0.717) is 18.8 Å². The summed E-state index contributed by atoms with van der Waals surface area (Å²) in [6.45, 7) is 3.22. The SMILES string of the molecule is CN1CCCN(C(=O)c2ccc(C(=O)O)cn2)CC1. The molecule has 6 heteroatoms. The summed E-state index contributed by atoms with van der Waals surface area (Å²) in [6.07, 6.45) is 2.16. The summed E-state index contributed by atoms with van der Waals surface area (Å²) in [6, 6.07) is 2.88. The van der Waals surface area contributed by atoms with Gasteiger partial charge in [0.1, 0.15) is 5.69 Å². The van der Waals surface area contributed by atoms with Gasteiger partial charge in [-0.2, -0.15) is 0 Å². The van der Waals surface area contributed by atoms with E-state index < -0.39 is 5.97 Å². The minimum absolute atomic E-state index is 0.0900. The van der Waals surface area contributed by atoms with E-state index in [1.165, 1.54) is 18.3 Å². The van der Waals surface area contributed by atoms with Gasteiger partial charge in [0.05, 0.1) is 5.56 Å². The number of aromatic nitrogens is 1. The number of carboxylic acid groups (broad SMARTS) is 1. The summed E-state index contributed by atoms with van der Waals surface area (Å²) < 4.78 is 0. The van der Waals surface area contributed by atoms with Gasteiger partial charge in [-0.1, -0.05) is 0 Å². The van der Waals surface area contributed by atoms with Gasteiger partial charge in [0, 0.05) is 25.8 Å². The van der Waals surface area contributed by atoms with Crippen LogP contribution in [0.25, 0.3) is 0 Å². The first-order chi connectivity index (χ1) is 9.08. The number of hydrogen-bond acceptors (Lipinski definition) is 4. The third-order valence-electron chi connectivity index (χ3n) is 3.24. The molecular weight excluding hydrogens is 246 g/mol. The predicted molar refractivity (Wildman–Crippen MR) is 69.2 cm³/mol. The first-order valence-electron chi connectivity index (χ1n) is 6.25. The number of carboxylic acids is 1. The molecule has 1 amide bonds. The predicted octanol–water partition coefficient (Wildman–Crippen LogP) is 0.558. The van der Waals surface area contributed by atoms with Crippen molar-refractivity contribution in [2.24, 2.45) is 0 Å². The summed E-state index contributed by atoms with van der Waals surface area (Å²) in [4.78, 5) is 30.9. The zero-order valence-electron chi connectivity index (χ0n) is 10.9. The third-order valence-corrected chi connectivity index (χ3v) is 3.24. The molecule has 0 unspecified atom stereocenters. The van der Waals surface area contributed by atoms with Gasteiger partial charge < -0.3 is 14.9 Å². The Balaban J connectivity index is 2.08. The van der Waals surface area contributed by atoms with Crippen molar-refractivity contribution in [3.05, 3.63) is 29.6 Å². The molecule has 19 heavy (non-hydrogen) atoms. The third kappa shape index (κ3) is 3.29. The largest absolute Gasteiger partial charge is 0.478 e. The second kappa shape index (κ2) is 5.79. The number of carbonyl (C=O) groups is 2. The van der Waals surface area contributed by atoms with E-state index in [1.54, 1.807) is 4.90 Å². The molecule has 0 aromatic carbocycles. The van der Waals surface area contributed by atoms with Crippen LogP contribution in [0.3, 0.4) is 0 Å². The van der Waals surface area contributed by atoms with Crippen molar-refractivity contribution in [1.29, 1.82) is 0 Å². The van der Waals surface area contributed by atoms with Crippen molar-refractivity contribution >= 4 is 11.9 Å². The van der Waals surface area contributed by atoms with Gasteiger partial charge in [-0.05, 0) is 32.1 Å². The molecule has 6 nitrogen and oxygen atoms in total. The van der Waals surface area contributed by atoms with Crippen molar-refractivity contribution in [3.8, 4) is 0 Å². The lowest BCUT2D eigenvalue weighted by atomic mass is 10.2. The van der Waals surface area contributed by atoms with Gasteiger partial charge in [-0.3, -0.25) is 9.78 Å². The van der Waals surface area contributed by atoms with Crippen LogP contribution in [-0.2, 0) is 0 Å². The Labute approximate surface area is 111 Å². The van der Waals surface area contributed by atoms with Crippen molar-refractivity contribution < 1.29 is 14.7 Å². The standard InChI is InChI=1S/C13H17N3O3/c1-15-5-2-6-16(8-7-15)12(17)11-4-3-10(9-14-11)13(18)19/h3-4,9H,2,5-8H2,1H3,(H,18,19). The maximum absolute atomic E-state index is 12.2. The van der Waals surface area contributed by atoms with Crippen LogP contribution in [0.1, 0.15) is 27.3 Å². The van der Waals surface area contributed by atoms with Crippen LogP contribution in [-0.4, -0.2) is 65.0 Å². The van der Waals surface area contributed by atoms with E-state index in [-0.39, 0.29) is 11.5 Å². The van der Waals surface area contributed by atoms with Crippen LogP contribution in [0, 0.1) is 0 Å². The summed E-state index contributed by atoms with van der Waals surface area (Å²) in [7, 11) is 2.04. The van der Waals surface area contributed by atoms with E-state index in [4.69, 9.17) is 5.11 Å². The van der Waals surface area contributed by atoms with Crippen LogP contribution in [0.5, 0.6) is 0 Å². The Morgan fingerprint density at radius 1 is 1.21 bits per heavy atom. The molecule has 0 aliphatic carbocycles. The van der Waals surface area contributed by atoms with Crippen molar-refractivity contribution in [1.82, 2.24) is 14.8 Å². The molecule has 0 saturated carbocycles. The molecule has 1 aliphatic heterocycles. The van der Waals surface area contributed by atoms with Gasteiger partial charge in [0.2, 0.25) is 0 Å². The highest BCUT2D eigenvalue weighted by Gasteiger charge is 2.20. The molecule has 1 aliphatic rings. The molecule has 2 heterocycles. The Morgan fingerprint density at radius 2 is 2.00 bits per heavy atom. The van der Waals surface area contributed by atoms with Crippen LogP contribution < -0.4 is 0 Å². The summed E-state index contributed by atoms with van der Waals surface area (Å²) in [5.74, 6) is -1.17. The van der Waals surface area contributed by atoms with E-state index in [9.17, 15) is 9.59 Å². The molecule has 0 spiro atoms. The Kier molecular flexibility index (Phi) is 4.11. The van der Waals surface area contributed by atoms with Crippen molar-refractivity contribution in [2.75, 3.05) is 33.2 Å². The smallest absolute Gasteiger partial charge is 0.337 e. The van der Waals surface area contributed by atoms with Gasteiger partial charge in [0.25, 0.3) is 5.91 Å². The van der Waals surface area contributed by atoms with E-state index in [0.717, 1.165) is 19.5 Å². The second-order valence-electron chi connectivity index (χ2n) is 4.69. The number of pyridine rings is 1. The molecule has 1 aromatic rings. The summed E-state index contributed by atoms with van der Waals surface area (Å²) in [5, 5.41) is 8.79. The number of rotatable bonds is 2. The van der Waals surface area contributed by atoms with Crippen LogP contribution in [0.15, 0.2) is 18.3 Å². The monoisotopic (exact) mass is 263 g/mol. The fraction of sp³-hybridized carbons (Fsp3) is 0.462. The minimum Gasteiger partial charge on any atom is -0.478 e. The van der Waals surface area contributed by atoms with Gasteiger partial charge in [0.15, 0.2) is 0 Å². The number of carbonyl (C=O) groups excluding carboxylic acids is 1. The molecule has 0 radical (unpaired) electrons. The molecule has 0 atom stereocenters. The highest BCUT2D eigenvalue weighted by atomic mass is 16.4. The van der Waals surface area contributed by atoms with Crippen LogP contribution in [0.4, 0.5) is 0 Å². The maximum Gasteiger partial charge on any atom is 0.337 e. The molecule has 1 fully saturated rings. The average Bonchev–Trinajstić information content (AvgIpc) is 2.63. The van der Waals surface area contributed by atoms with Gasteiger partial charge in [-0.25, -0.2) is 4.79 Å². The highest BCUT2D eigenvalue weighted by Crippen LogP contribution is 2.08. The van der Waals surface area contributed by atoms with E-state index in [2.05, 4.69) is 9.88 Å². The van der Waals surface area contributed by atoms with Gasteiger partial charge >= 0.3 is 5.97 Å². The van der Waals surface area contributed by atoms with Crippen LogP contribution in [0.2, 0.25) is 0 Å². The van der Waals surface area contributed by atoms with E-state index in [1.807, 2.05) is 7.05 Å². The van der Waals surface area contributed by atoms with Crippen LogP contribution >= 0.6 is 0 Å². The molecular formula is C13H17N3O3. The molecule has 2 rings (SSSR count). The molecule has 1 N–H and O–H groups in total. The lowest BCUT2D eigenvalue weighted by Crippen LogP contribution is -2.35. The highest BCUT2D eigenvalue weighted by molar-refractivity contribution is 5.93. The summed E-state index contributed by atoms with van der Waals surface area (Å²) in [5.41, 5.74) is 0.390. The number of likely N-dealkylation sites (N-methyl/N-ethyl adjacent to an activating group) is 1. The summed E-state index contributed by atoms with van der Waals surface area (Å²) >= 11 is 0. The Morgan fingerprint density at radius 3 is 2.63 bits per heavy atom. The zero-order chi connectivity index (χ0) is 13.8. The quantitative estimate of drug-likeness (QED) is 0.844. The molecule has 1 aromatic heterocycles. The molecule has 102 valence electrons. The van der Waals surface area contributed by atoms with Crippen molar-refractivity contribution in [3.63, 3.8) is 0 Å². The number of aromatic carboxylic acids is 1. The normalized spacial score (nSPS) is 17.0. The average molecular weight is 263 g/mol. The fourth-order valence-electron chi connectivity index (χ4n) is 2.06. The second-order valence-corrected chi connectivity index (χ2v) is 4.69. The molecule has 0 bridgehead atoms. The minimum atomic E-state index is -1.04. The number of amides is 1. The van der Waals surface area contributed by atoms with Gasteiger partial charge in [-0.15, -0.1) is 0 Å². The maximum atomic E-state index is 12.2. The zero-order valence-corrected chi connectivity index (χ0v) is 10.9. The lowest BCUT2D eigenvalue weighted by Gasteiger charge is -2.20. The fourth-order valence-corrected chi connectivity index (χ4v) is 2.06. The van der Waals surface area contributed by atoms with Crippen molar-refractivity contribution in [2.45, 2.75) is 6.42 Å². The Bertz CT molecular complexity index is 473. The molecule has 1 saturated heterocycles. The van der Waals surface area contributed by atoms with E-state index >= 15 is 0 Å². The first kappa shape index (κ1) is 13.5. The Hall–Kier alpha value is -1.95. The first-order valence-corrected chi connectivity index (χ1v) is 6.25.